The summed E-state index contributed by atoms with van der Waals surface area (Å²) in [7, 11) is 0. The van der Waals surface area contributed by atoms with Crippen LogP contribution in [-0.4, -0.2) is 30.6 Å². The number of nitrogens with two attached hydrogens (primary N) is 1. The van der Waals surface area contributed by atoms with Gasteiger partial charge in [0.15, 0.2) is 6.61 Å². The number of benzene rings is 1. The van der Waals surface area contributed by atoms with Crippen molar-refractivity contribution in [3.8, 4) is 17.0 Å². The molecule has 6 heteroatoms. The smallest absolute Gasteiger partial charge is 0.257 e. The monoisotopic (exact) mass is 277 g/mol. The Hall–Kier alpha value is -1.92. The van der Waals surface area contributed by atoms with Crippen LogP contribution in [-0.2, 0) is 4.79 Å². The third-order valence-corrected chi connectivity index (χ3v) is 3.01. The number of amides is 1. The lowest BCUT2D eigenvalue weighted by Gasteiger charge is -2.10. The molecule has 0 atom stereocenters. The zero-order valence-corrected chi connectivity index (χ0v) is 11.2. The van der Waals surface area contributed by atoms with Crippen molar-refractivity contribution in [1.82, 2.24) is 10.3 Å². The van der Waals surface area contributed by atoms with Crippen LogP contribution in [0.3, 0.4) is 0 Å². The van der Waals surface area contributed by atoms with Gasteiger partial charge in [0.2, 0.25) is 0 Å². The molecule has 2 rings (SSSR count). The fourth-order valence-corrected chi connectivity index (χ4v) is 2.11. The molecule has 0 saturated carbocycles. The molecule has 0 aliphatic carbocycles. The highest BCUT2D eigenvalue weighted by atomic mass is 32.1. The Morgan fingerprint density at radius 3 is 3.00 bits per heavy atom. The van der Waals surface area contributed by atoms with Crippen molar-refractivity contribution in [3.05, 3.63) is 35.2 Å². The number of carbonyl (C=O) groups is 1. The molecule has 0 saturated heterocycles. The van der Waals surface area contributed by atoms with E-state index in [4.69, 9.17) is 10.5 Å². The standard InChI is InChI=1S/C13H15N3O2S/c14-5-6-15-13(17)7-18-12-4-2-1-3-10(12)11-8-19-9-16-11/h1-4,8-9H,5-7,14H2,(H,15,17). The fraction of sp³-hybridized carbons (Fsp3) is 0.231. The van der Waals surface area contributed by atoms with Crippen molar-refractivity contribution in [2.75, 3.05) is 19.7 Å². The van der Waals surface area contributed by atoms with Crippen LogP contribution in [0.5, 0.6) is 5.75 Å². The van der Waals surface area contributed by atoms with Gasteiger partial charge in [-0.1, -0.05) is 12.1 Å². The lowest BCUT2D eigenvalue weighted by Crippen LogP contribution is -2.32. The Bertz CT molecular complexity index is 528. The molecule has 1 amide bonds. The van der Waals surface area contributed by atoms with Crippen LogP contribution in [0.2, 0.25) is 0 Å². The van der Waals surface area contributed by atoms with E-state index in [-0.39, 0.29) is 12.5 Å². The van der Waals surface area contributed by atoms with Gasteiger partial charge in [0, 0.05) is 24.0 Å². The van der Waals surface area contributed by atoms with Crippen LogP contribution in [0.1, 0.15) is 0 Å². The lowest BCUT2D eigenvalue weighted by atomic mass is 10.1. The summed E-state index contributed by atoms with van der Waals surface area (Å²) in [6, 6.07) is 7.52. The number of thiazole rings is 1. The second-order valence-electron chi connectivity index (χ2n) is 3.80. The van der Waals surface area contributed by atoms with Gasteiger partial charge >= 0.3 is 0 Å². The zero-order chi connectivity index (χ0) is 13.5. The van der Waals surface area contributed by atoms with Crippen LogP contribution in [0, 0.1) is 0 Å². The molecule has 19 heavy (non-hydrogen) atoms. The molecule has 0 fully saturated rings. The summed E-state index contributed by atoms with van der Waals surface area (Å²) in [4.78, 5) is 15.7. The minimum Gasteiger partial charge on any atom is -0.483 e. The summed E-state index contributed by atoms with van der Waals surface area (Å²) in [5, 5.41) is 4.60. The van der Waals surface area contributed by atoms with E-state index in [1.807, 2.05) is 29.6 Å². The fourth-order valence-electron chi connectivity index (χ4n) is 1.56. The molecule has 0 unspecified atom stereocenters. The van der Waals surface area contributed by atoms with E-state index in [1.54, 1.807) is 5.51 Å². The van der Waals surface area contributed by atoms with Crippen LogP contribution >= 0.6 is 11.3 Å². The Kier molecular flexibility index (Phi) is 4.88. The molecule has 100 valence electrons. The second-order valence-corrected chi connectivity index (χ2v) is 4.52. The first-order valence-corrected chi connectivity index (χ1v) is 6.82. The van der Waals surface area contributed by atoms with E-state index in [9.17, 15) is 4.79 Å². The van der Waals surface area contributed by atoms with Crippen LogP contribution in [0.25, 0.3) is 11.3 Å². The Morgan fingerprint density at radius 1 is 1.42 bits per heavy atom. The summed E-state index contributed by atoms with van der Waals surface area (Å²) < 4.78 is 5.53. The molecule has 0 bridgehead atoms. The van der Waals surface area contributed by atoms with E-state index in [0.29, 0.717) is 18.8 Å². The number of para-hydroxylation sites is 1. The number of nitrogens with one attached hydrogen (secondary N) is 1. The van der Waals surface area contributed by atoms with Crippen LogP contribution < -0.4 is 15.8 Å². The molecule has 5 nitrogen and oxygen atoms in total. The molecule has 3 N–H and O–H groups in total. The van der Waals surface area contributed by atoms with Gasteiger partial charge in [0.05, 0.1) is 11.2 Å². The molecule has 1 heterocycles. The highest BCUT2D eigenvalue weighted by Gasteiger charge is 2.09. The summed E-state index contributed by atoms with van der Waals surface area (Å²) in [5.74, 6) is 0.467. The van der Waals surface area contributed by atoms with E-state index in [2.05, 4.69) is 10.3 Å². The minimum absolute atomic E-state index is 0.0266. The van der Waals surface area contributed by atoms with Crippen molar-refractivity contribution < 1.29 is 9.53 Å². The predicted octanol–water partition coefficient (Wildman–Crippen LogP) is 1.26. The molecule has 0 aliphatic rings. The van der Waals surface area contributed by atoms with Crippen molar-refractivity contribution in [2.45, 2.75) is 0 Å². The summed E-state index contributed by atoms with van der Waals surface area (Å²) in [6.45, 7) is 0.845. The SMILES string of the molecule is NCCNC(=O)COc1ccccc1-c1cscn1. The molecular weight excluding hydrogens is 262 g/mol. The summed E-state index contributed by atoms with van der Waals surface area (Å²) >= 11 is 1.52. The number of carbonyl (C=O) groups excluding carboxylic acids is 1. The first-order valence-electron chi connectivity index (χ1n) is 5.88. The number of aromatic nitrogens is 1. The van der Waals surface area contributed by atoms with Crippen LogP contribution in [0.4, 0.5) is 0 Å². The average Bonchev–Trinajstić information content (AvgIpc) is 2.97. The van der Waals surface area contributed by atoms with Gasteiger partial charge < -0.3 is 15.8 Å². The van der Waals surface area contributed by atoms with Gasteiger partial charge in [-0.05, 0) is 12.1 Å². The van der Waals surface area contributed by atoms with E-state index in [1.165, 1.54) is 11.3 Å². The Morgan fingerprint density at radius 2 is 2.26 bits per heavy atom. The van der Waals surface area contributed by atoms with Gasteiger partial charge in [-0.2, -0.15) is 0 Å². The van der Waals surface area contributed by atoms with Crippen molar-refractivity contribution in [1.29, 1.82) is 0 Å². The Balaban J connectivity index is 2.03. The summed E-state index contributed by atoms with van der Waals surface area (Å²) in [5.41, 5.74) is 8.81. The van der Waals surface area contributed by atoms with Gasteiger partial charge in [-0.25, -0.2) is 4.98 Å². The topological polar surface area (TPSA) is 77.2 Å². The first kappa shape index (κ1) is 13.5. The average molecular weight is 277 g/mol. The summed E-state index contributed by atoms with van der Waals surface area (Å²) in [6.07, 6.45) is 0. The Labute approximate surface area is 115 Å². The van der Waals surface area contributed by atoms with Crippen molar-refractivity contribution >= 4 is 17.2 Å². The van der Waals surface area contributed by atoms with Crippen molar-refractivity contribution in [2.24, 2.45) is 5.73 Å². The molecule has 0 spiro atoms. The molecule has 1 aromatic heterocycles. The highest BCUT2D eigenvalue weighted by Crippen LogP contribution is 2.29. The number of ether oxygens (including phenoxy) is 1. The number of rotatable bonds is 6. The number of hydrogen-bond donors (Lipinski definition) is 2. The van der Waals surface area contributed by atoms with Crippen LogP contribution in [0.15, 0.2) is 35.2 Å². The van der Waals surface area contributed by atoms with E-state index >= 15 is 0 Å². The first-order chi connectivity index (χ1) is 9.31. The molecular formula is C13H15N3O2S. The molecule has 0 radical (unpaired) electrons. The molecule has 0 aliphatic heterocycles. The third-order valence-electron chi connectivity index (χ3n) is 2.42. The van der Waals surface area contributed by atoms with Gasteiger partial charge in [0.1, 0.15) is 5.75 Å². The maximum absolute atomic E-state index is 11.5. The quantitative estimate of drug-likeness (QED) is 0.833. The minimum atomic E-state index is -0.182. The molecule has 1 aromatic carbocycles. The maximum atomic E-state index is 11.5. The largest absolute Gasteiger partial charge is 0.483 e. The molecule has 2 aromatic rings. The maximum Gasteiger partial charge on any atom is 0.257 e. The predicted molar refractivity (Wildman–Crippen MR) is 75.1 cm³/mol. The number of nitrogens with zero attached hydrogens (tertiary/aromatic N) is 1. The van der Waals surface area contributed by atoms with Gasteiger partial charge in [-0.15, -0.1) is 11.3 Å². The number of hydrogen-bond acceptors (Lipinski definition) is 5. The normalized spacial score (nSPS) is 10.2. The van der Waals surface area contributed by atoms with Crippen molar-refractivity contribution in [3.63, 3.8) is 0 Å². The second kappa shape index (κ2) is 6.86. The van der Waals surface area contributed by atoms with E-state index < -0.39 is 0 Å². The van der Waals surface area contributed by atoms with E-state index in [0.717, 1.165) is 11.3 Å². The van der Waals surface area contributed by atoms with Gasteiger partial charge in [0.25, 0.3) is 5.91 Å². The zero-order valence-electron chi connectivity index (χ0n) is 10.3. The lowest BCUT2D eigenvalue weighted by molar-refractivity contribution is -0.123. The highest BCUT2D eigenvalue weighted by molar-refractivity contribution is 7.07. The van der Waals surface area contributed by atoms with Gasteiger partial charge in [-0.3, -0.25) is 4.79 Å². The third kappa shape index (κ3) is 3.77.